The van der Waals surface area contributed by atoms with E-state index in [-0.39, 0.29) is 0 Å². The lowest BCUT2D eigenvalue weighted by molar-refractivity contribution is 0.352. The summed E-state index contributed by atoms with van der Waals surface area (Å²) in [5, 5.41) is 11.4. The summed E-state index contributed by atoms with van der Waals surface area (Å²) in [5.74, 6) is 0.790. The van der Waals surface area contributed by atoms with Crippen molar-refractivity contribution >= 4 is 17.4 Å². The molecule has 1 fully saturated rings. The minimum Gasteiger partial charge on any atom is -0.367 e. The van der Waals surface area contributed by atoms with Gasteiger partial charge < -0.3 is 10.2 Å². The number of hydrogen-bond donors (Lipinski definition) is 1. The minimum absolute atomic E-state index is 0.431. The van der Waals surface area contributed by atoms with E-state index in [1.54, 1.807) is 6.07 Å². The summed E-state index contributed by atoms with van der Waals surface area (Å²) in [6.45, 7) is 4.45. The van der Waals surface area contributed by atoms with E-state index in [2.05, 4.69) is 20.4 Å². The molecule has 0 atom stereocenters. The maximum absolute atomic E-state index is 5.64. The quantitative estimate of drug-likeness (QED) is 0.848. The van der Waals surface area contributed by atoms with Gasteiger partial charge >= 0.3 is 0 Å². The molecule has 1 saturated heterocycles. The van der Waals surface area contributed by atoms with Gasteiger partial charge in [0.2, 0.25) is 0 Å². The molecule has 0 amide bonds. The van der Waals surface area contributed by atoms with Crippen LogP contribution in [0, 0.1) is 0 Å². The summed E-state index contributed by atoms with van der Waals surface area (Å²) in [6, 6.07) is 3.59. The van der Waals surface area contributed by atoms with Crippen molar-refractivity contribution < 1.29 is 0 Å². The summed E-state index contributed by atoms with van der Waals surface area (Å²) < 4.78 is 0. The normalized spacial score (nSPS) is 16.9. The molecule has 0 spiro atoms. The summed E-state index contributed by atoms with van der Waals surface area (Å²) >= 11 is 5.64. The number of likely N-dealkylation sites (tertiary alicyclic amines) is 1. The van der Waals surface area contributed by atoms with Gasteiger partial charge in [-0.25, -0.2) is 0 Å². The van der Waals surface area contributed by atoms with Crippen LogP contribution in [0.5, 0.6) is 0 Å². The van der Waals surface area contributed by atoms with E-state index in [1.807, 2.05) is 6.07 Å². The van der Waals surface area contributed by atoms with Gasteiger partial charge in [0.15, 0.2) is 5.15 Å². The van der Waals surface area contributed by atoms with Crippen LogP contribution in [0.1, 0.15) is 12.8 Å². The van der Waals surface area contributed by atoms with Crippen LogP contribution < -0.4 is 5.32 Å². The summed E-state index contributed by atoms with van der Waals surface area (Å²) in [5.41, 5.74) is 0. The first-order chi connectivity index (χ1) is 7.34. The van der Waals surface area contributed by atoms with Gasteiger partial charge in [0, 0.05) is 13.1 Å². The van der Waals surface area contributed by atoms with Crippen LogP contribution in [0.4, 0.5) is 5.82 Å². The predicted molar refractivity (Wildman–Crippen MR) is 61.2 cm³/mol. The van der Waals surface area contributed by atoms with Crippen LogP contribution >= 0.6 is 11.6 Å². The highest BCUT2D eigenvalue weighted by Crippen LogP contribution is 2.08. The lowest BCUT2D eigenvalue weighted by Crippen LogP contribution is -2.26. The number of halogens is 1. The third kappa shape index (κ3) is 3.32. The van der Waals surface area contributed by atoms with Gasteiger partial charge in [-0.1, -0.05) is 11.6 Å². The van der Waals surface area contributed by atoms with Crippen molar-refractivity contribution in [2.75, 3.05) is 31.5 Å². The molecule has 5 heteroatoms. The van der Waals surface area contributed by atoms with E-state index in [9.17, 15) is 0 Å². The zero-order valence-corrected chi connectivity index (χ0v) is 9.37. The molecule has 0 saturated carbocycles. The average molecular weight is 227 g/mol. The summed E-state index contributed by atoms with van der Waals surface area (Å²) in [4.78, 5) is 2.45. The van der Waals surface area contributed by atoms with Crippen molar-refractivity contribution in [2.24, 2.45) is 0 Å². The molecule has 15 heavy (non-hydrogen) atoms. The van der Waals surface area contributed by atoms with Crippen LogP contribution in [-0.2, 0) is 0 Å². The van der Waals surface area contributed by atoms with E-state index >= 15 is 0 Å². The van der Waals surface area contributed by atoms with Gasteiger partial charge in [-0.2, -0.15) is 0 Å². The van der Waals surface area contributed by atoms with Gasteiger partial charge in [-0.05, 0) is 38.1 Å². The number of rotatable bonds is 4. The number of nitrogens with zero attached hydrogens (tertiary/aromatic N) is 3. The fourth-order valence-electron chi connectivity index (χ4n) is 1.76. The number of anilines is 1. The van der Waals surface area contributed by atoms with Crippen LogP contribution in [0.15, 0.2) is 12.1 Å². The maximum atomic E-state index is 5.64. The van der Waals surface area contributed by atoms with Crippen molar-refractivity contribution in [1.29, 1.82) is 0 Å². The monoisotopic (exact) mass is 226 g/mol. The second kappa shape index (κ2) is 5.28. The third-order valence-electron chi connectivity index (χ3n) is 2.56. The van der Waals surface area contributed by atoms with Crippen molar-refractivity contribution in [2.45, 2.75) is 12.8 Å². The Morgan fingerprint density at radius 3 is 2.73 bits per heavy atom. The van der Waals surface area contributed by atoms with E-state index < -0.39 is 0 Å². The van der Waals surface area contributed by atoms with Crippen molar-refractivity contribution in [3.8, 4) is 0 Å². The summed E-state index contributed by atoms with van der Waals surface area (Å²) in [7, 11) is 0. The topological polar surface area (TPSA) is 41.0 Å². The molecular weight excluding hydrogens is 212 g/mol. The highest BCUT2D eigenvalue weighted by Gasteiger charge is 2.10. The molecule has 1 aliphatic heterocycles. The van der Waals surface area contributed by atoms with Gasteiger partial charge in [0.05, 0.1) is 0 Å². The zero-order chi connectivity index (χ0) is 10.5. The smallest absolute Gasteiger partial charge is 0.151 e. The Morgan fingerprint density at radius 2 is 2.07 bits per heavy atom. The van der Waals surface area contributed by atoms with Gasteiger partial charge in [0.25, 0.3) is 0 Å². The Kier molecular flexibility index (Phi) is 3.75. The average Bonchev–Trinajstić information content (AvgIpc) is 2.74. The molecule has 1 aromatic heterocycles. The SMILES string of the molecule is Clc1ccc(NCCN2CCCC2)nn1. The number of hydrogen-bond acceptors (Lipinski definition) is 4. The van der Waals surface area contributed by atoms with E-state index in [4.69, 9.17) is 11.6 Å². The molecule has 0 aromatic carbocycles. The Hall–Kier alpha value is -0.870. The van der Waals surface area contributed by atoms with E-state index in [0.29, 0.717) is 5.15 Å². The first-order valence-electron chi connectivity index (χ1n) is 5.30. The molecule has 0 radical (unpaired) electrons. The van der Waals surface area contributed by atoms with Crippen LogP contribution in [-0.4, -0.2) is 41.3 Å². The van der Waals surface area contributed by atoms with Crippen LogP contribution in [0.3, 0.4) is 0 Å². The minimum atomic E-state index is 0.431. The molecule has 1 aromatic rings. The fraction of sp³-hybridized carbons (Fsp3) is 0.600. The number of nitrogens with one attached hydrogen (secondary N) is 1. The largest absolute Gasteiger partial charge is 0.367 e. The lowest BCUT2D eigenvalue weighted by atomic mass is 10.4. The standard InChI is InChI=1S/C10H15ClN4/c11-9-3-4-10(14-13-9)12-5-8-15-6-1-2-7-15/h3-4H,1-2,5-8H2,(H,12,14). The molecule has 0 unspecified atom stereocenters. The predicted octanol–water partition coefficient (Wildman–Crippen LogP) is 1.64. The Balaban J connectivity index is 1.71. The Labute approximate surface area is 94.6 Å². The molecule has 4 nitrogen and oxygen atoms in total. The van der Waals surface area contributed by atoms with Crippen LogP contribution in [0.25, 0.3) is 0 Å². The Morgan fingerprint density at radius 1 is 1.27 bits per heavy atom. The van der Waals surface area contributed by atoms with E-state index in [0.717, 1.165) is 18.9 Å². The molecule has 0 bridgehead atoms. The molecule has 2 heterocycles. The van der Waals surface area contributed by atoms with Crippen molar-refractivity contribution in [3.63, 3.8) is 0 Å². The van der Waals surface area contributed by atoms with E-state index in [1.165, 1.54) is 25.9 Å². The van der Waals surface area contributed by atoms with Gasteiger partial charge in [-0.15, -0.1) is 10.2 Å². The van der Waals surface area contributed by atoms with Gasteiger partial charge in [-0.3, -0.25) is 0 Å². The second-order valence-electron chi connectivity index (χ2n) is 3.72. The third-order valence-corrected chi connectivity index (χ3v) is 2.77. The van der Waals surface area contributed by atoms with Crippen molar-refractivity contribution in [1.82, 2.24) is 15.1 Å². The highest BCUT2D eigenvalue weighted by molar-refractivity contribution is 6.29. The molecular formula is C10H15ClN4. The maximum Gasteiger partial charge on any atom is 0.151 e. The van der Waals surface area contributed by atoms with Crippen molar-refractivity contribution in [3.05, 3.63) is 17.3 Å². The first kappa shape index (κ1) is 10.6. The highest BCUT2D eigenvalue weighted by atomic mass is 35.5. The number of aromatic nitrogens is 2. The lowest BCUT2D eigenvalue weighted by Gasteiger charge is -2.14. The zero-order valence-electron chi connectivity index (χ0n) is 8.62. The molecule has 2 rings (SSSR count). The fourth-order valence-corrected chi connectivity index (χ4v) is 1.86. The van der Waals surface area contributed by atoms with Crippen LogP contribution in [0.2, 0.25) is 5.15 Å². The molecule has 1 aliphatic rings. The first-order valence-corrected chi connectivity index (χ1v) is 5.68. The molecule has 1 N–H and O–H groups in total. The van der Waals surface area contributed by atoms with Gasteiger partial charge in [0.1, 0.15) is 5.82 Å². The molecule has 82 valence electrons. The molecule has 0 aliphatic carbocycles. The summed E-state index contributed by atoms with van der Waals surface area (Å²) in [6.07, 6.45) is 2.67. The Bertz CT molecular complexity index is 295. The second-order valence-corrected chi connectivity index (χ2v) is 4.10.